The van der Waals surface area contributed by atoms with Crippen LogP contribution in [0.3, 0.4) is 0 Å². The van der Waals surface area contributed by atoms with E-state index in [0.717, 1.165) is 29.1 Å². The predicted molar refractivity (Wildman–Crippen MR) is 92.9 cm³/mol. The molecule has 0 aliphatic rings. The van der Waals surface area contributed by atoms with E-state index in [1.807, 2.05) is 13.0 Å². The molecule has 0 saturated heterocycles. The zero-order valence-electron chi connectivity index (χ0n) is 13.2. The van der Waals surface area contributed by atoms with Crippen molar-refractivity contribution in [2.45, 2.75) is 19.5 Å². The number of nitrogens with zero attached hydrogens (tertiary/aromatic N) is 1. The third kappa shape index (κ3) is 4.41. The van der Waals surface area contributed by atoms with Crippen LogP contribution in [0.15, 0.2) is 47.6 Å². The number of nitrogens with one attached hydrogen (secondary N) is 2. The summed E-state index contributed by atoms with van der Waals surface area (Å²) in [6.07, 6.45) is -3.72. The van der Waals surface area contributed by atoms with Crippen LogP contribution in [-0.2, 0) is 6.18 Å². The second-order valence-corrected chi connectivity index (χ2v) is 5.48. The molecule has 0 radical (unpaired) electrons. The van der Waals surface area contributed by atoms with Gasteiger partial charge in [0.1, 0.15) is 0 Å². The van der Waals surface area contributed by atoms with Gasteiger partial charge in [0.15, 0.2) is 0 Å². The third-order valence-corrected chi connectivity index (χ3v) is 3.66. The molecule has 128 valence electrons. The van der Waals surface area contributed by atoms with Gasteiger partial charge in [-0.3, -0.25) is 5.43 Å². The Labute approximate surface area is 143 Å². The first kappa shape index (κ1) is 18.1. The zero-order chi connectivity index (χ0) is 17.7. The highest BCUT2D eigenvalue weighted by Crippen LogP contribution is 2.30. The van der Waals surface area contributed by atoms with Crippen molar-refractivity contribution in [2.75, 3.05) is 17.8 Å². The Morgan fingerprint density at radius 3 is 2.33 bits per heavy atom. The van der Waals surface area contributed by atoms with E-state index in [-0.39, 0.29) is 0 Å². The molecule has 0 unspecified atom stereocenters. The van der Waals surface area contributed by atoms with E-state index in [4.69, 9.17) is 11.6 Å². The second-order valence-electron chi connectivity index (χ2n) is 5.04. The summed E-state index contributed by atoms with van der Waals surface area (Å²) >= 11 is 6.04. The van der Waals surface area contributed by atoms with E-state index in [1.54, 1.807) is 19.2 Å². The average Bonchev–Trinajstić information content (AvgIpc) is 2.55. The molecule has 2 rings (SSSR count). The van der Waals surface area contributed by atoms with Gasteiger partial charge in [0.25, 0.3) is 0 Å². The van der Waals surface area contributed by atoms with Crippen molar-refractivity contribution in [3.05, 3.63) is 58.6 Å². The van der Waals surface area contributed by atoms with Crippen LogP contribution in [0, 0.1) is 0 Å². The van der Waals surface area contributed by atoms with Crippen LogP contribution in [0.1, 0.15) is 24.5 Å². The molecule has 0 spiro atoms. The zero-order valence-corrected chi connectivity index (χ0v) is 14.0. The smallest absolute Gasteiger partial charge is 0.388 e. The molecule has 24 heavy (non-hydrogen) atoms. The maximum absolute atomic E-state index is 12.6. The summed E-state index contributed by atoms with van der Waals surface area (Å²) in [4.78, 5) is 0. The maximum atomic E-state index is 12.6. The van der Waals surface area contributed by atoms with Crippen molar-refractivity contribution < 1.29 is 13.2 Å². The van der Waals surface area contributed by atoms with Crippen LogP contribution in [0.4, 0.5) is 24.5 Å². The summed E-state index contributed by atoms with van der Waals surface area (Å²) in [5.41, 5.74) is 5.02. The Morgan fingerprint density at radius 2 is 1.79 bits per heavy atom. The number of halogens is 4. The molecule has 0 atom stereocenters. The van der Waals surface area contributed by atoms with Crippen molar-refractivity contribution in [3.63, 3.8) is 0 Å². The summed E-state index contributed by atoms with van der Waals surface area (Å²) in [6.45, 7) is 1.94. The molecular weight excluding hydrogens is 339 g/mol. The average molecular weight is 356 g/mol. The van der Waals surface area contributed by atoms with Gasteiger partial charge in [-0.1, -0.05) is 18.5 Å². The summed E-state index contributed by atoms with van der Waals surface area (Å²) in [5, 5.41) is 7.96. The normalized spacial score (nSPS) is 12.2. The van der Waals surface area contributed by atoms with Crippen molar-refractivity contribution >= 4 is 28.7 Å². The molecule has 2 aromatic rings. The van der Waals surface area contributed by atoms with E-state index in [2.05, 4.69) is 15.8 Å². The molecule has 7 heteroatoms. The molecule has 0 heterocycles. The van der Waals surface area contributed by atoms with E-state index < -0.39 is 11.7 Å². The van der Waals surface area contributed by atoms with Gasteiger partial charge in [-0.2, -0.15) is 18.3 Å². The third-order valence-electron chi connectivity index (χ3n) is 3.43. The minimum atomic E-state index is -4.35. The summed E-state index contributed by atoms with van der Waals surface area (Å²) < 4.78 is 37.7. The van der Waals surface area contributed by atoms with E-state index in [1.165, 1.54) is 12.1 Å². The Bertz CT molecular complexity index is 725. The lowest BCUT2D eigenvalue weighted by Crippen LogP contribution is -2.07. The van der Waals surface area contributed by atoms with Gasteiger partial charge >= 0.3 is 6.18 Å². The molecule has 0 fully saturated rings. The van der Waals surface area contributed by atoms with E-state index in [9.17, 15) is 13.2 Å². The number of alkyl halides is 3. The standard InChI is InChI=1S/C17H17ClF3N3/c1-3-15(14-10-12(18)6-9-16(14)22-2)24-23-13-7-4-11(5-8-13)17(19,20)21/h4-10,22-23H,3H2,1-2H3/b24-15-. The first-order valence-corrected chi connectivity index (χ1v) is 7.70. The predicted octanol–water partition coefficient (Wildman–Crippen LogP) is 5.63. The Hall–Kier alpha value is -2.21. The number of rotatable bonds is 5. The maximum Gasteiger partial charge on any atom is 0.416 e. The SMILES string of the molecule is CC/C(=N/Nc1ccc(C(F)(F)F)cc1)c1cc(Cl)ccc1NC. The molecular formula is C17H17ClF3N3. The Kier molecular flexibility index (Phi) is 5.72. The van der Waals surface area contributed by atoms with Crippen LogP contribution >= 0.6 is 11.6 Å². The topological polar surface area (TPSA) is 36.4 Å². The van der Waals surface area contributed by atoms with Gasteiger partial charge in [-0.25, -0.2) is 0 Å². The van der Waals surface area contributed by atoms with Crippen LogP contribution in [0.5, 0.6) is 0 Å². The van der Waals surface area contributed by atoms with E-state index >= 15 is 0 Å². The number of hydrogen-bond donors (Lipinski definition) is 2. The number of hydrogen-bond acceptors (Lipinski definition) is 3. The quantitative estimate of drug-likeness (QED) is 0.539. The molecule has 0 aromatic heterocycles. The molecule has 0 saturated carbocycles. The van der Waals surface area contributed by atoms with Gasteiger partial charge in [0.2, 0.25) is 0 Å². The summed E-state index contributed by atoms with van der Waals surface area (Å²) in [5.74, 6) is 0. The lowest BCUT2D eigenvalue weighted by molar-refractivity contribution is -0.137. The first-order valence-electron chi connectivity index (χ1n) is 7.32. The lowest BCUT2D eigenvalue weighted by Gasteiger charge is -2.12. The molecule has 3 nitrogen and oxygen atoms in total. The van der Waals surface area contributed by atoms with Crippen molar-refractivity contribution in [3.8, 4) is 0 Å². The summed E-state index contributed by atoms with van der Waals surface area (Å²) in [7, 11) is 1.79. The minimum absolute atomic E-state index is 0.474. The molecule has 2 aromatic carbocycles. The second kappa shape index (κ2) is 7.57. The fraction of sp³-hybridized carbons (Fsp3) is 0.235. The van der Waals surface area contributed by atoms with Crippen LogP contribution in [0.2, 0.25) is 5.02 Å². The highest BCUT2D eigenvalue weighted by atomic mass is 35.5. The molecule has 2 N–H and O–H groups in total. The van der Waals surface area contributed by atoms with Crippen LogP contribution in [0.25, 0.3) is 0 Å². The fourth-order valence-electron chi connectivity index (χ4n) is 2.17. The number of anilines is 2. The van der Waals surface area contributed by atoms with Crippen molar-refractivity contribution in [2.24, 2.45) is 5.10 Å². The van der Waals surface area contributed by atoms with Crippen LogP contribution < -0.4 is 10.7 Å². The number of hydrazone groups is 1. The Balaban J connectivity index is 2.24. The van der Waals surface area contributed by atoms with E-state index in [0.29, 0.717) is 17.1 Å². The molecule has 0 aliphatic heterocycles. The molecule has 0 amide bonds. The van der Waals surface area contributed by atoms with Gasteiger partial charge in [0, 0.05) is 23.3 Å². The lowest BCUT2D eigenvalue weighted by atomic mass is 10.1. The molecule has 0 bridgehead atoms. The first-order chi connectivity index (χ1) is 11.3. The van der Waals surface area contributed by atoms with Gasteiger partial charge < -0.3 is 5.32 Å². The summed E-state index contributed by atoms with van der Waals surface area (Å²) in [6, 6.07) is 10.1. The number of benzene rings is 2. The highest BCUT2D eigenvalue weighted by molar-refractivity contribution is 6.31. The van der Waals surface area contributed by atoms with Crippen molar-refractivity contribution in [1.82, 2.24) is 0 Å². The Morgan fingerprint density at radius 1 is 1.12 bits per heavy atom. The monoisotopic (exact) mass is 355 g/mol. The van der Waals surface area contributed by atoms with Gasteiger partial charge in [-0.05, 0) is 48.9 Å². The minimum Gasteiger partial charge on any atom is -0.388 e. The largest absolute Gasteiger partial charge is 0.416 e. The highest BCUT2D eigenvalue weighted by Gasteiger charge is 2.29. The van der Waals surface area contributed by atoms with Gasteiger partial charge in [0.05, 0.1) is 17.0 Å². The molecule has 0 aliphatic carbocycles. The fourth-order valence-corrected chi connectivity index (χ4v) is 2.34. The van der Waals surface area contributed by atoms with Crippen LogP contribution in [-0.4, -0.2) is 12.8 Å². The van der Waals surface area contributed by atoms with Gasteiger partial charge in [-0.15, -0.1) is 0 Å². The van der Waals surface area contributed by atoms with Crippen molar-refractivity contribution in [1.29, 1.82) is 0 Å².